The molecule has 0 heterocycles. The Morgan fingerprint density at radius 2 is 1.63 bits per heavy atom. The van der Waals surface area contributed by atoms with E-state index in [0.717, 1.165) is 0 Å². The number of nitrogens with one attached hydrogen (secondary N) is 3. The summed E-state index contributed by atoms with van der Waals surface area (Å²) < 4.78 is 10.3. The average Bonchev–Trinajstić information content (AvgIpc) is 2.85. The Morgan fingerprint density at radius 3 is 2.20 bits per heavy atom. The van der Waals surface area contributed by atoms with E-state index in [2.05, 4.69) is 26.0 Å². The van der Waals surface area contributed by atoms with Crippen LogP contribution in [0.5, 0.6) is 0 Å². The van der Waals surface area contributed by atoms with E-state index in [9.17, 15) is 24.3 Å². The van der Waals surface area contributed by atoms with E-state index in [1.807, 2.05) is 20.8 Å². The van der Waals surface area contributed by atoms with Crippen molar-refractivity contribution in [3.05, 3.63) is 40.3 Å². The highest BCUT2D eigenvalue weighted by Gasteiger charge is 2.25. The minimum absolute atomic E-state index is 0.0390. The number of azide groups is 1. The summed E-state index contributed by atoms with van der Waals surface area (Å²) in [6.07, 6.45) is -0.544. The first-order valence-corrected chi connectivity index (χ1v) is 15.3. The quantitative estimate of drug-likeness (QED) is 0.0635. The van der Waals surface area contributed by atoms with Gasteiger partial charge in [0.15, 0.2) is 0 Å². The maximum atomic E-state index is 12.9. The van der Waals surface area contributed by atoms with E-state index < -0.39 is 41.7 Å². The molecule has 0 saturated heterocycles. The van der Waals surface area contributed by atoms with Crippen LogP contribution in [0.25, 0.3) is 10.4 Å². The zero-order valence-electron chi connectivity index (χ0n) is 24.3. The maximum absolute atomic E-state index is 12.9. The highest BCUT2D eigenvalue weighted by atomic mass is 33.1. The summed E-state index contributed by atoms with van der Waals surface area (Å²) in [5.41, 5.74) is 8.85. The van der Waals surface area contributed by atoms with Gasteiger partial charge in [-0.05, 0) is 51.1 Å². The number of nitrogens with zero attached hydrogens (tertiary/aromatic N) is 3. The van der Waals surface area contributed by atoms with Gasteiger partial charge in [-0.2, -0.15) is 0 Å². The molecule has 4 N–H and O–H groups in total. The van der Waals surface area contributed by atoms with Gasteiger partial charge in [0.2, 0.25) is 5.91 Å². The van der Waals surface area contributed by atoms with Gasteiger partial charge in [0.1, 0.15) is 24.3 Å². The number of hydrogen-bond donors (Lipinski definition) is 4. The van der Waals surface area contributed by atoms with Crippen molar-refractivity contribution in [3.63, 3.8) is 0 Å². The molecule has 15 heteroatoms. The molecule has 0 fully saturated rings. The van der Waals surface area contributed by atoms with Crippen LogP contribution in [-0.2, 0) is 25.7 Å². The second-order valence-electron chi connectivity index (χ2n) is 10.9. The zero-order chi connectivity index (χ0) is 31.1. The van der Waals surface area contributed by atoms with Gasteiger partial charge < -0.3 is 30.5 Å². The Bertz CT molecular complexity index is 1070. The minimum atomic E-state index is -1.18. The zero-order valence-corrected chi connectivity index (χ0v) is 25.9. The van der Waals surface area contributed by atoms with E-state index in [0.29, 0.717) is 29.8 Å². The first-order chi connectivity index (χ1) is 19.1. The van der Waals surface area contributed by atoms with Crippen LogP contribution in [0.1, 0.15) is 66.4 Å². The van der Waals surface area contributed by atoms with E-state index >= 15 is 0 Å². The van der Waals surface area contributed by atoms with Gasteiger partial charge in [-0.3, -0.25) is 4.79 Å². The van der Waals surface area contributed by atoms with Crippen molar-refractivity contribution in [1.29, 1.82) is 0 Å². The normalized spacial score (nSPS) is 12.7. The van der Waals surface area contributed by atoms with Crippen molar-refractivity contribution in [2.24, 2.45) is 5.11 Å². The number of rotatable bonds is 15. The Hall–Kier alpha value is -3.29. The van der Waals surface area contributed by atoms with Gasteiger partial charge >= 0.3 is 18.2 Å². The smallest absolute Gasteiger partial charge is 0.408 e. The fraction of sp³-hybridized carbons (Fsp3) is 0.615. The number of hydrogen-bond acceptors (Lipinski definition) is 9. The molecule has 1 unspecified atom stereocenters. The van der Waals surface area contributed by atoms with Crippen LogP contribution in [-0.4, -0.2) is 63.9 Å². The van der Waals surface area contributed by atoms with E-state index in [1.165, 1.54) is 10.8 Å². The molecule has 0 spiro atoms. The van der Waals surface area contributed by atoms with Crippen LogP contribution in [0.2, 0.25) is 0 Å². The van der Waals surface area contributed by atoms with Crippen molar-refractivity contribution < 1.29 is 33.8 Å². The lowest BCUT2D eigenvalue weighted by molar-refractivity contribution is -0.139. The lowest BCUT2D eigenvalue weighted by atomic mass is 10.1. The number of carbonyl (C=O) groups excluding carboxylic acids is 3. The second-order valence-corrected chi connectivity index (χ2v) is 14.1. The Morgan fingerprint density at radius 1 is 1.00 bits per heavy atom. The standard InChI is InChI=1S/C26H40N6O7S2/c1-25(2,3)39-24(37)29-19(22(34)35)9-7-8-14-28-21(33)20(16-40-41-26(4,5)6)30-23(36)38-15-17-10-12-18(13-11-17)31-32-27/h10-13,19-20H,7-9,14-16H2,1-6H3,(H,28,33)(H,29,37)(H,30,36)(H,34,35)/t19?,20-/m0/s1. The van der Waals surface area contributed by atoms with Crippen molar-refractivity contribution in [2.45, 2.75) is 89.8 Å². The van der Waals surface area contributed by atoms with Gasteiger partial charge in [-0.15, -0.1) is 0 Å². The monoisotopic (exact) mass is 612 g/mol. The van der Waals surface area contributed by atoms with Gasteiger partial charge in [0.25, 0.3) is 0 Å². The summed E-state index contributed by atoms with van der Waals surface area (Å²) in [6.45, 7) is 11.4. The van der Waals surface area contributed by atoms with Crippen molar-refractivity contribution in [3.8, 4) is 0 Å². The lowest BCUT2D eigenvalue weighted by Gasteiger charge is -2.22. The van der Waals surface area contributed by atoms with E-state index in [4.69, 9.17) is 15.0 Å². The molecule has 228 valence electrons. The second kappa shape index (κ2) is 17.5. The SMILES string of the molecule is CC(C)(C)OC(=O)NC(CCCCNC(=O)[C@H](CSSC(C)(C)C)NC(=O)OCc1ccc(N=[N+]=[N-])cc1)C(=O)O. The summed E-state index contributed by atoms with van der Waals surface area (Å²) in [4.78, 5) is 51.5. The number of unbranched alkanes of at least 4 members (excludes halogenated alkanes) is 1. The molecule has 41 heavy (non-hydrogen) atoms. The highest BCUT2D eigenvalue weighted by molar-refractivity contribution is 8.77. The lowest BCUT2D eigenvalue weighted by Crippen LogP contribution is -2.48. The van der Waals surface area contributed by atoms with Crippen molar-refractivity contribution in [2.75, 3.05) is 12.3 Å². The largest absolute Gasteiger partial charge is 0.480 e. The molecule has 1 rings (SSSR count). The molecule has 1 aromatic rings. The van der Waals surface area contributed by atoms with Gasteiger partial charge in [-0.1, -0.05) is 71.7 Å². The Labute approximate surface area is 248 Å². The van der Waals surface area contributed by atoms with Crippen LogP contribution in [0.4, 0.5) is 15.3 Å². The summed E-state index contributed by atoms with van der Waals surface area (Å²) in [6, 6.07) is 4.53. The number of benzene rings is 1. The Balaban J connectivity index is 2.60. The van der Waals surface area contributed by atoms with E-state index in [1.54, 1.807) is 55.8 Å². The first-order valence-electron chi connectivity index (χ1n) is 13.0. The van der Waals surface area contributed by atoms with Crippen LogP contribution in [0.3, 0.4) is 0 Å². The van der Waals surface area contributed by atoms with Crippen LogP contribution in [0.15, 0.2) is 29.4 Å². The molecule has 0 aliphatic rings. The van der Waals surface area contributed by atoms with Gasteiger partial charge in [0.05, 0.1) is 0 Å². The predicted molar refractivity (Wildman–Crippen MR) is 160 cm³/mol. The van der Waals surface area contributed by atoms with Gasteiger partial charge in [-0.25, -0.2) is 14.4 Å². The van der Waals surface area contributed by atoms with Crippen LogP contribution < -0.4 is 16.0 Å². The molecule has 0 radical (unpaired) electrons. The van der Waals surface area contributed by atoms with Crippen molar-refractivity contribution >= 4 is 51.3 Å². The number of carbonyl (C=O) groups is 4. The molecule has 2 atom stereocenters. The van der Waals surface area contributed by atoms with Crippen LogP contribution >= 0.6 is 21.6 Å². The van der Waals surface area contributed by atoms with Crippen molar-refractivity contribution in [1.82, 2.24) is 16.0 Å². The third-order valence-electron chi connectivity index (χ3n) is 4.83. The predicted octanol–water partition coefficient (Wildman–Crippen LogP) is 5.67. The Kier molecular flexibility index (Phi) is 15.3. The third-order valence-corrected chi connectivity index (χ3v) is 8.18. The average molecular weight is 613 g/mol. The number of carboxylic acids is 1. The molecular weight excluding hydrogens is 572 g/mol. The summed E-state index contributed by atoms with van der Waals surface area (Å²) in [5.74, 6) is -1.28. The molecule has 0 aliphatic heterocycles. The number of aliphatic carboxylic acids is 1. The molecule has 3 amide bonds. The maximum Gasteiger partial charge on any atom is 0.408 e. The molecule has 0 saturated carbocycles. The number of ether oxygens (including phenoxy) is 2. The molecule has 13 nitrogen and oxygen atoms in total. The topological polar surface area (TPSA) is 192 Å². The number of amides is 3. The fourth-order valence-corrected chi connectivity index (χ4v) is 5.49. The molecule has 1 aromatic carbocycles. The summed E-state index contributed by atoms with van der Waals surface area (Å²) in [7, 11) is 3.03. The molecule has 0 aliphatic carbocycles. The minimum Gasteiger partial charge on any atom is -0.480 e. The number of alkyl carbamates (subject to hydrolysis) is 2. The van der Waals surface area contributed by atoms with Gasteiger partial charge in [0, 0.05) is 27.6 Å². The molecule has 0 bridgehead atoms. The third kappa shape index (κ3) is 17.2. The summed E-state index contributed by atoms with van der Waals surface area (Å²) >= 11 is 0. The van der Waals surface area contributed by atoms with E-state index in [-0.39, 0.29) is 24.3 Å². The first kappa shape index (κ1) is 35.7. The number of carboxylic acid groups (broad SMARTS) is 1. The highest BCUT2D eigenvalue weighted by Crippen LogP contribution is 2.35. The molecular formula is C26H40N6O7S2. The fourth-order valence-electron chi connectivity index (χ4n) is 3.02. The van der Waals surface area contributed by atoms with Crippen LogP contribution in [0, 0.1) is 0 Å². The summed E-state index contributed by atoms with van der Waals surface area (Å²) in [5, 5.41) is 20.6. The molecule has 0 aromatic heterocycles.